The van der Waals surface area contributed by atoms with Crippen molar-refractivity contribution < 1.29 is 9.84 Å². The number of methoxy groups -OCH3 is 1. The number of anilines is 1. The van der Waals surface area contributed by atoms with E-state index in [0.29, 0.717) is 6.54 Å². The van der Waals surface area contributed by atoms with Crippen LogP contribution in [-0.4, -0.2) is 25.4 Å². The molecule has 0 amide bonds. The Morgan fingerprint density at radius 1 is 0.913 bits per heavy atom. The van der Waals surface area contributed by atoms with Gasteiger partial charge in [-0.3, -0.25) is 0 Å². The van der Waals surface area contributed by atoms with Crippen LogP contribution in [0.1, 0.15) is 5.56 Å². The molecule has 0 unspecified atom stereocenters. The fraction of sp³-hybridized carbons (Fsp3) is 0.200. The first-order valence-corrected chi connectivity index (χ1v) is 7.78. The fourth-order valence-electron chi connectivity index (χ4n) is 2.85. The first kappa shape index (κ1) is 15.4. The summed E-state index contributed by atoms with van der Waals surface area (Å²) in [5, 5.41) is 11.9. The van der Waals surface area contributed by atoms with Crippen LogP contribution >= 0.6 is 0 Å². The lowest BCUT2D eigenvalue weighted by molar-refractivity contribution is 0.301. The topological polar surface area (TPSA) is 32.7 Å². The van der Waals surface area contributed by atoms with Gasteiger partial charge in [0.2, 0.25) is 0 Å². The molecular weight excluding hydrogens is 286 g/mol. The molecule has 0 saturated heterocycles. The second kappa shape index (κ2) is 7.16. The molecule has 0 aliphatic heterocycles. The van der Waals surface area contributed by atoms with Crippen molar-refractivity contribution in [2.45, 2.75) is 6.54 Å². The normalized spacial score (nSPS) is 10.7. The molecule has 0 spiro atoms. The van der Waals surface area contributed by atoms with Crippen molar-refractivity contribution in [3.63, 3.8) is 0 Å². The maximum Gasteiger partial charge on any atom is 0.119 e. The number of hydrogen-bond donors (Lipinski definition) is 1. The molecule has 0 aliphatic rings. The summed E-state index contributed by atoms with van der Waals surface area (Å²) in [6.45, 7) is 1.47. The quantitative estimate of drug-likeness (QED) is 0.751. The number of benzene rings is 3. The molecule has 118 valence electrons. The van der Waals surface area contributed by atoms with Crippen molar-refractivity contribution in [3.8, 4) is 5.75 Å². The third kappa shape index (κ3) is 3.46. The van der Waals surface area contributed by atoms with Crippen LogP contribution in [0.3, 0.4) is 0 Å². The summed E-state index contributed by atoms with van der Waals surface area (Å²) < 4.78 is 5.22. The van der Waals surface area contributed by atoms with E-state index < -0.39 is 0 Å². The Kier molecular flexibility index (Phi) is 4.79. The lowest BCUT2D eigenvalue weighted by atomic mass is 10.0. The summed E-state index contributed by atoms with van der Waals surface area (Å²) in [5.41, 5.74) is 2.33. The van der Waals surface area contributed by atoms with Gasteiger partial charge in [-0.1, -0.05) is 42.5 Å². The van der Waals surface area contributed by atoms with Gasteiger partial charge in [-0.15, -0.1) is 0 Å². The SMILES string of the molecule is COc1ccc(N(CCO)Cc2cccc3ccccc23)cc1. The van der Waals surface area contributed by atoms with Gasteiger partial charge >= 0.3 is 0 Å². The van der Waals surface area contributed by atoms with Crippen LogP contribution in [0.5, 0.6) is 5.75 Å². The van der Waals surface area contributed by atoms with Gasteiger partial charge in [-0.25, -0.2) is 0 Å². The highest BCUT2D eigenvalue weighted by molar-refractivity contribution is 5.85. The standard InChI is InChI=1S/C20H21NO2/c1-23-19-11-9-18(10-12-19)21(13-14-22)15-17-7-4-6-16-5-2-3-8-20(16)17/h2-12,22H,13-15H2,1H3. The summed E-state index contributed by atoms with van der Waals surface area (Å²) in [5.74, 6) is 0.836. The molecule has 23 heavy (non-hydrogen) atoms. The average Bonchev–Trinajstić information content (AvgIpc) is 2.62. The lowest BCUT2D eigenvalue weighted by Gasteiger charge is -2.25. The summed E-state index contributed by atoms with van der Waals surface area (Å²) in [6.07, 6.45) is 0. The summed E-state index contributed by atoms with van der Waals surface area (Å²) in [6, 6.07) is 22.7. The first-order valence-electron chi connectivity index (χ1n) is 7.78. The highest BCUT2D eigenvalue weighted by atomic mass is 16.5. The zero-order valence-electron chi connectivity index (χ0n) is 13.3. The Bertz CT molecular complexity index is 763. The van der Waals surface area contributed by atoms with Crippen molar-refractivity contribution in [1.29, 1.82) is 0 Å². The Hall–Kier alpha value is -2.52. The van der Waals surface area contributed by atoms with E-state index >= 15 is 0 Å². The summed E-state index contributed by atoms with van der Waals surface area (Å²) in [7, 11) is 1.66. The third-order valence-electron chi connectivity index (χ3n) is 4.05. The molecule has 3 heteroatoms. The molecule has 0 saturated carbocycles. The predicted molar refractivity (Wildman–Crippen MR) is 95.1 cm³/mol. The van der Waals surface area contributed by atoms with Crippen molar-refractivity contribution in [2.75, 3.05) is 25.2 Å². The van der Waals surface area contributed by atoms with Crippen LogP contribution in [0.2, 0.25) is 0 Å². The van der Waals surface area contributed by atoms with Crippen LogP contribution in [-0.2, 0) is 6.54 Å². The average molecular weight is 307 g/mol. The van der Waals surface area contributed by atoms with E-state index in [4.69, 9.17) is 4.74 Å². The van der Waals surface area contributed by atoms with Crippen LogP contribution in [0.15, 0.2) is 66.7 Å². The van der Waals surface area contributed by atoms with Crippen LogP contribution in [0.25, 0.3) is 10.8 Å². The van der Waals surface area contributed by atoms with Gasteiger partial charge in [0.05, 0.1) is 13.7 Å². The van der Waals surface area contributed by atoms with E-state index in [1.807, 2.05) is 24.3 Å². The molecule has 0 heterocycles. The van der Waals surface area contributed by atoms with Gasteiger partial charge in [0, 0.05) is 18.8 Å². The Balaban J connectivity index is 1.91. The van der Waals surface area contributed by atoms with Crippen LogP contribution in [0.4, 0.5) is 5.69 Å². The second-order valence-corrected chi connectivity index (χ2v) is 5.48. The largest absolute Gasteiger partial charge is 0.497 e. The molecule has 0 fully saturated rings. The van der Waals surface area contributed by atoms with Gasteiger partial charge in [0.25, 0.3) is 0 Å². The zero-order chi connectivity index (χ0) is 16.1. The van der Waals surface area contributed by atoms with Gasteiger partial charge in [-0.2, -0.15) is 0 Å². The van der Waals surface area contributed by atoms with Crippen LogP contribution < -0.4 is 9.64 Å². The number of aliphatic hydroxyl groups excluding tert-OH is 1. The number of hydrogen-bond acceptors (Lipinski definition) is 3. The molecule has 3 aromatic carbocycles. The minimum atomic E-state index is 0.122. The summed E-state index contributed by atoms with van der Waals surface area (Å²) in [4.78, 5) is 2.18. The molecule has 0 bridgehead atoms. The van der Waals surface area contributed by atoms with E-state index in [2.05, 4.69) is 47.4 Å². The number of fused-ring (bicyclic) bond motifs is 1. The number of rotatable bonds is 6. The molecule has 3 aromatic rings. The van der Waals surface area contributed by atoms with E-state index in [0.717, 1.165) is 18.0 Å². The lowest BCUT2D eigenvalue weighted by Crippen LogP contribution is -2.26. The van der Waals surface area contributed by atoms with Crippen LogP contribution in [0, 0.1) is 0 Å². The molecule has 1 N–H and O–H groups in total. The Morgan fingerprint density at radius 2 is 1.65 bits per heavy atom. The monoisotopic (exact) mass is 307 g/mol. The van der Waals surface area contributed by atoms with Crippen molar-refractivity contribution in [2.24, 2.45) is 0 Å². The van der Waals surface area contributed by atoms with Gasteiger partial charge in [-0.05, 0) is 40.6 Å². The highest BCUT2D eigenvalue weighted by Gasteiger charge is 2.09. The molecule has 0 atom stereocenters. The maximum atomic E-state index is 9.42. The molecule has 0 aliphatic carbocycles. The fourth-order valence-corrected chi connectivity index (χ4v) is 2.85. The smallest absolute Gasteiger partial charge is 0.119 e. The maximum absolute atomic E-state index is 9.42. The molecule has 0 aromatic heterocycles. The number of aliphatic hydroxyl groups is 1. The zero-order valence-corrected chi connectivity index (χ0v) is 13.3. The molecule has 3 nitrogen and oxygen atoms in total. The number of nitrogens with zero attached hydrogens (tertiary/aromatic N) is 1. The van der Waals surface area contributed by atoms with Gasteiger partial charge < -0.3 is 14.7 Å². The third-order valence-corrected chi connectivity index (χ3v) is 4.05. The Labute approximate surface area is 136 Å². The van der Waals surface area contributed by atoms with E-state index in [-0.39, 0.29) is 6.61 Å². The Morgan fingerprint density at radius 3 is 2.39 bits per heavy atom. The highest BCUT2D eigenvalue weighted by Crippen LogP contribution is 2.24. The minimum Gasteiger partial charge on any atom is -0.497 e. The van der Waals surface area contributed by atoms with Crippen molar-refractivity contribution in [1.82, 2.24) is 0 Å². The number of ether oxygens (including phenoxy) is 1. The van der Waals surface area contributed by atoms with Gasteiger partial charge in [0.1, 0.15) is 5.75 Å². The first-order chi connectivity index (χ1) is 11.3. The second-order valence-electron chi connectivity index (χ2n) is 5.48. The van der Waals surface area contributed by atoms with Crippen molar-refractivity contribution in [3.05, 3.63) is 72.3 Å². The van der Waals surface area contributed by atoms with E-state index in [9.17, 15) is 5.11 Å². The van der Waals surface area contributed by atoms with Gasteiger partial charge in [0.15, 0.2) is 0 Å². The molecular formula is C20H21NO2. The van der Waals surface area contributed by atoms with E-state index in [1.54, 1.807) is 7.11 Å². The summed E-state index contributed by atoms with van der Waals surface area (Å²) >= 11 is 0. The van der Waals surface area contributed by atoms with E-state index in [1.165, 1.54) is 16.3 Å². The van der Waals surface area contributed by atoms with Crippen molar-refractivity contribution >= 4 is 16.5 Å². The minimum absolute atomic E-state index is 0.122. The molecule has 3 rings (SSSR count). The molecule has 0 radical (unpaired) electrons. The predicted octanol–water partition coefficient (Wildman–Crippen LogP) is 3.85.